The summed E-state index contributed by atoms with van der Waals surface area (Å²) >= 11 is 0. The monoisotopic (exact) mass is 347 g/mol. The lowest BCUT2D eigenvalue weighted by Gasteiger charge is -2.44. The van der Waals surface area contributed by atoms with E-state index in [0.717, 1.165) is 35.7 Å². The second-order valence-electron chi connectivity index (χ2n) is 7.33. The molecule has 1 amide bonds. The topological polar surface area (TPSA) is 53.7 Å². The van der Waals surface area contributed by atoms with Crippen LogP contribution >= 0.6 is 0 Å². The maximum absolute atomic E-state index is 12.8. The average Bonchev–Trinajstić information content (AvgIpc) is 3.38. The molecule has 2 fully saturated rings. The molecule has 1 aliphatic heterocycles. The van der Waals surface area contributed by atoms with Gasteiger partial charge in [0.05, 0.1) is 17.3 Å². The SMILES string of the molecule is CN(C(=O)c1cc2ccccn2c1)C1CN(c2ccc(C3CC3)nn2)C1. The van der Waals surface area contributed by atoms with Crippen molar-refractivity contribution in [2.75, 3.05) is 25.0 Å². The zero-order valence-electron chi connectivity index (χ0n) is 14.7. The second kappa shape index (κ2) is 5.83. The van der Waals surface area contributed by atoms with Crippen LogP contribution in [0.25, 0.3) is 5.52 Å². The maximum atomic E-state index is 12.8. The van der Waals surface area contributed by atoms with Crippen LogP contribution in [0.2, 0.25) is 0 Å². The number of carbonyl (C=O) groups is 1. The molecule has 6 heteroatoms. The van der Waals surface area contributed by atoms with Crippen LogP contribution in [-0.2, 0) is 0 Å². The number of rotatable bonds is 4. The number of hydrogen-bond donors (Lipinski definition) is 0. The Kier molecular flexibility index (Phi) is 3.45. The summed E-state index contributed by atoms with van der Waals surface area (Å²) in [4.78, 5) is 16.8. The quantitative estimate of drug-likeness (QED) is 0.728. The molecule has 3 aromatic heterocycles. The van der Waals surface area contributed by atoms with Crippen LogP contribution < -0.4 is 4.90 Å². The van der Waals surface area contributed by atoms with Crippen LogP contribution in [0.4, 0.5) is 5.82 Å². The van der Waals surface area contributed by atoms with Gasteiger partial charge >= 0.3 is 0 Å². The molecule has 1 saturated carbocycles. The van der Waals surface area contributed by atoms with Gasteiger partial charge in [-0.25, -0.2) is 0 Å². The molecule has 0 aromatic carbocycles. The fraction of sp³-hybridized carbons (Fsp3) is 0.350. The molecule has 1 aliphatic carbocycles. The number of anilines is 1. The van der Waals surface area contributed by atoms with Crippen LogP contribution in [0.3, 0.4) is 0 Å². The summed E-state index contributed by atoms with van der Waals surface area (Å²) in [5, 5.41) is 8.70. The fourth-order valence-electron chi connectivity index (χ4n) is 3.53. The highest BCUT2D eigenvalue weighted by Crippen LogP contribution is 2.38. The fourth-order valence-corrected chi connectivity index (χ4v) is 3.53. The van der Waals surface area contributed by atoms with Crippen molar-refractivity contribution in [3.8, 4) is 0 Å². The zero-order valence-corrected chi connectivity index (χ0v) is 14.7. The van der Waals surface area contributed by atoms with E-state index in [1.807, 2.05) is 53.0 Å². The Morgan fingerprint density at radius 3 is 2.69 bits per heavy atom. The van der Waals surface area contributed by atoms with Gasteiger partial charge in [0.25, 0.3) is 5.91 Å². The number of pyridine rings is 1. The van der Waals surface area contributed by atoms with Crippen LogP contribution in [0.1, 0.15) is 34.8 Å². The van der Waals surface area contributed by atoms with Gasteiger partial charge < -0.3 is 14.2 Å². The molecular weight excluding hydrogens is 326 g/mol. The summed E-state index contributed by atoms with van der Waals surface area (Å²) in [6.07, 6.45) is 6.33. The van der Waals surface area contributed by atoms with E-state index in [9.17, 15) is 4.79 Å². The molecule has 4 heterocycles. The van der Waals surface area contributed by atoms with E-state index < -0.39 is 0 Å². The van der Waals surface area contributed by atoms with Crippen LogP contribution in [0.5, 0.6) is 0 Å². The minimum Gasteiger partial charge on any atom is -0.351 e. The highest BCUT2D eigenvalue weighted by Gasteiger charge is 2.34. The normalized spacial score (nSPS) is 17.3. The predicted octanol–water partition coefficient (Wildman–Crippen LogP) is 2.57. The van der Waals surface area contributed by atoms with Gasteiger partial charge in [0.1, 0.15) is 0 Å². The highest BCUT2D eigenvalue weighted by molar-refractivity contribution is 5.95. The summed E-state index contributed by atoms with van der Waals surface area (Å²) in [5.41, 5.74) is 2.87. The minimum absolute atomic E-state index is 0.0634. The molecule has 5 rings (SSSR count). The Morgan fingerprint density at radius 2 is 2.00 bits per heavy atom. The van der Waals surface area contributed by atoms with E-state index in [2.05, 4.69) is 27.2 Å². The van der Waals surface area contributed by atoms with Gasteiger partial charge in [0.15, 0.2) is 5.82 Å². The number of likely N-dealkylation sites (N-methyl/N-ethyl adjacent to an activating group) is 1. The Balaban J connectivity index is 1.24. The Labute approximate surface area is 152 Å². The number of amides is 1. The zero-order chi connectivity index (χ0) is 17.7. The van der Waals surface area contributed by atoms with Crippen LogP contribution in [-0.4, -0.2) is 51.6 Å². The smallest absolute Gasteiger partial charge is 0.255 e. The van der Waals surface area contributed by atoms with Crippen molar-refractivity contribution in [3.05, 3.63) is 60.0 Å². The average molecular weight is 347 g/mol. The standard InChI is InChI=1S/C20H21N5O/c1-23(20(26)15-10-16-4-2-3-9-24(16)11-15)17-12-25(13-17)19-8-7-18(21-22-19)14-5-6-14/h2-4,7-11,14,17H,5-6,12-13H2,1H3. The number of fused-ring (bicyclic) bond motifs is 1. The molecular formula is C20H21N5O. The third-order valence-electron chi connectivity index (χ3n) is 5.47. The molecule has 132 valence electrons. The van der Waals surface area contributed by atoms with Gasteiger partial charge in [-0.15, -0.1) is 5.10 Å². The number of carbonyl (C=O) groups excluding carboxylic acids is 1. The van der Waals surface area contributed by atoms with Gasteiger partial charge in [-0.1, -0.05) is 6.07 Å². The van der Waals surface area contributed by atoms with Crippen molar-refractivity contribution in [3.63, 3.8) is 0 Å². The van der Waals surface area contributed by atoms with Crippen molar-refractivity contribution >= 4 is 17.2 Å². The summed E-state index contributed by atoms with van der Waals surface area (Å²) < 4.78 is 1.98. The first-order valence-electron chi connectivity index (χ1n) is 9.11. The van der Waals surface area contributed by atoms with Crippen LogP contribution in [0, 0.1) is 0 Å². The van der Waals surface area contributed by atoms with Crippen molar-refractivity contribution in [1.82, 2.24) is 19.5 Å². The van der Waals surface area contributed by atoms with Crippen molar-refractivity contribution in [1.29, 1.82) is 0 Å². The summed E-state index contributed by atoms with van der Waals surface area (Å²) in [6.45, 7) is 1.60. The number of hydrogen-bond acceptors (Lipinski definition) is 4. The molecule has 1 saturated heterocycles. The molecule has 6 nitrogen and oxygen atoms in total. The Hall–Kier alpha value is -2.89. The van der Waals surface area contributed by atoms with E-state index in [1.165, 1.54) is 12.8 Å². The minimum atomic E-state index is 0.0634. The third kappa shape index (κ3) is 2.62. The molecule has 0 spiro atoms. The van der Waals surface area contributed by atoms with Gasteiger partial charge in [-0.3, -0.25) is 4.79 Å². The highest BCUT2D eigenvalue weighted by atomic mass is 16.2. The van der Waals surface area contributed by atoms with E-state index in [1.54, 1.807) is 0 Å². The van der Waals surface area contributed by atoms with E-state index in [4.69, 9.17) is 0 Å². The molecule has 0 unspecified atom stereocenters. The summed E-state index contributed by atoms with van der Waals surface area (Å²) in [7, 11) is 1.88. The van der Waals surface area contributed by atoms with Gasteiger partial charge in [-0.05, 0) is 43.2 Å². The molecule has 2 aliphatic rings. The third-order valence-corrected chi connectivity index (χ3v) is 5.47. The predicted molar refractivity (Wildman–Crippen MR) is 99.5 cm³/mol. The maximum Gasteiger partial charge on any atom is 0.255 e. The molecule has 0 bridgehead atoms. The molecule has 26 heavy (non-hydrogen) atoms. The van der Waals surface area contributed by atoms with Crippen molar-refractivity contribution in [2.45, 2.75) is 24.8 Å². The number of nitrogens with zero attached hydrogens (tertiary/aromatic N) is 5. The summed E-state index contributed by atoms with van der Waals surface area (Å²) in [5.74, 6) is 1.59. The first kappa shape index (κ1) is 15.4. The molecule has 0 radical (unpaired) electrons. The summed E-state index contributed by atoms with van der Waals surface area (Å²) in [6, 6.07) is 12.2. The Bertz CT molecular complexity index is 921. The van der Waals surface area contributed by atoms with Gasteiger partial charge in [-0.2, -0.15) is 5.10 Å². The Morgan fingerprint density at radius 1 is 1.15 bits per heavy atom. The van der Waals surface area contributed by atoms with E-state index in [-0.39, 0.29) is 11.9 Å². The lowest BCUT2D eigenvalue weighted by atomic mass is 10.1. The van der Waals surface area contributed by atoms with Gasteiger partial charge in [0.2, 0.25) is 0 Å². The molecule has 0 N–H and O–H groups in total. The van der Waals surface area contributed by atoms with Crippen LogP contribution in [0.15, 0.2) is 48.8 Å². The molecule has 3 aromatic rings. The van der Waals surface area contributed by atoms with E-state index >= 15 is 0 Å². The molecule has 0 atom stereocenters. The van der Waals surface area contributed by atoms with Crippen molar-refractivity contribution in [2.24, 2.45) is 0 Å². The number of aromatic nitrogens is 3. The first-order valence-corrected chi connectivity index (χ1v) is 9.11. The van der Waals surface area contributed by atoms with E-state index in [0.29, 0.717) is 5.92 Å². The first-order chi connectivity index (χ1) is 12.7. The lowest BCUT2D eigenvalue weighted by molar-refractivity contribution is 0.0705. The van der Waals surface area contributed by atoms with Crippen molar-refractivity contribution < 1.29 is 4.79 Å². The lowest BCUT2D eigenvalue weighted by Crippen LogP contribution is -2.60. The van der Waals surface area contributed by atoms with Gasteiger partial charge in [0, 0.05) is 44.0 Å². The second-order valence-corrected chi connectivity index (χ2v) is 7.33. The largest absolute Gasteiger partial charge is 0.351 e.